The number of aromatic nitrogens is 2. The van der Waals surface area contributed by atoms with Crippen molar-refractivity contribution in [1.82, 2.24) is 14.9 Å². The Bertz CT molecular complexity index is 1250. The summed E-state index contributed by atoms with van der Waals surface area (Å²) in [4.78, 5) is 22.1. The lowest BCUT2D eigenvalue weighted by molar-refractivity contribution is -0.385. The van der Waals surface area contributed by atoms with Crippen LogP contribution in [0.5, 0.6) is 5.75 Å². The quantitative estimate of drug-likeness (QED) is 0.408. The van der Waals surface area contributed by atoms with E-state index in [1.54, 1.807) is 6.07 Å². The van der Waals surface area contributed by atoms with Crippen molar-refractivity contribution in [2.24, 2.45) is 0 Å². The van der Waals surface area contributed by atoms with Gasteiger partial charge in [0.1, 0.15) is 24.1 Å². The molecule has 0 amide bonds. The molecular weight excluding hydrogens is 465 g/mol. The van der Waals surface area contributed by atoms with Crippen LogP contribution in [0.1, 0.15) is 19.3 Å². The molecular formula is C23H23ClFN5O4. The van der Waals surface area contributed by atoms with Crippen LogP contribution in [-0.4, -0.2) is 58.2 Å². The van der Waals surface area contributed by atoms with Crippen molar-refractivity contribution in [3.8, 4) is 5.75 Å². The highest BCUT2D eigenvalue weighted by molar-refractivity contribution is 6.31. The molecule has 3 heterocycles. The lowest BCUT2D eigenvalue weighted by Crippen LogP contribution is -2.42. The van der Waals surface area contributed by atoms with Crippen LogP contribution < -0.4 is 10.1 Å². The fourth-order valence-electron chi connectivity index (χ4n) is 4.55. The zero-order valence-electron chi connectivity index (χ0n) is 18.5. The average Bonchev–Trinajstić information content (AvgIpc) is 3.20. The molecule has 2 aliphatic heterocycles. The van der Waals surface area contributed by atoms with Crippen LogP contribution in [0, 0.1) is 15.9 Å². The van der Waals surface area contributed by atoms with E-state index in [2.05, 4.69) is 27.2 Å². The Morgan fingerprint density at radius 3 is 2.82 bits per heavy atom. The molecule has 11 heteroatoms. The minimum Gasteiger partial charge on any atom is -0.481 e. The second-order valence-corrected chi connectivity index (χ2v) is 9.22. The summed E-state index contributed by atoms with van der Waals surface area (Å²) < 4.78 is 25.7. The third-order valence-electron chi connectivity index (χ3n) is 6.46. The van der Waals surface area contributed by atoms with Crippen LogP contribution in [0.4, 0.5) is 21.6 Å². The number of halogens is 2. The average molecular weight is 488 g/mol. The van der Waals surface area contributed by atoms with Gasteiger partial charge in [-0.2, -0.15) is 0 Å². The summed E-state index contributed by atoms with van der Waals surface area (Å²) in [7, 11) is 2.09. The fourth-order valence-corrected chi connectivity index (χ4v) is 4.73. The molecule has 1 spiro atoms. The summed E-state index contributed by atoms with van der Waals surface area (Å²) in [5.74, 6) is -0.0718. The first-order chi connectivity index (χ1) is 16.3. The maximum absolute atomic E-state index is 13.5. The van der Waals surface area contributed by atoms with Gasteiger partial charge in [-0.1, -0.05) is 11.6 Å². The molecule has 2 aliphatic rings. The Labute approximate surface area is 200 Å². The number of anilines is 2. The van der Waals surface area contributed by atoms with Crippen molar-refractivity contribution in [2.75, 3.05) is 32.1 Å². The van der Waals surface area contributed by atoms with Crippen molar-refractivity contribution >= 4 is 39.7 Å². The van der Waals surface area contributed by atoms with Gasteiger partial charge < -0.3 is 19.7 Å². The molecule has 1 atom stereocenters. The number of nitrogens with one attached hydrogen (secondary N) is 1. The molecule has 0 bridgehead atoms. The molecule has 9 nitrogen and oxygen atoms in total. The van der Waals surface area contributed by atoms with E-state index in [0.29, 0.717) is 35.4 Å². The first-order valence-corrected chi connectivity index (χ1v) is 11.3. The Hall–Kier alpha value is -3.08. The lowest BCUT2D eigenvalue weighted by Gasteiger charge is -2.36. The monoisotopic (exact) mass is 487 g/mol. The van der Waals surface area contributed by atoms with Crippen molar-refractivity contribution in [3.63, 3.8) is 0 Å². The van der Waals surface area contributed by atoms with Crippen LogP contribution in [-0.2, 0) is 4.74 Å². The number of likely N-dealkylation sites (tertiary alicyclic amines) is 1. The normalized spacial score (nSPS) is 20.0. The van der Waals surface area contributed by atoms with Crippen molar-refractivity contribution in [1.29, 1.82) is 0 Å². The number of benzene rings is 2. The minimum atomic E-state index is -0.546. The number of fused-ring (bicyclic) bond motifs is 1. The van der Waals surface area contributed by atoms with Gasteiger partial charge in [0.15, 0.2) is 5.75 Å². The van der Waals surface area contributed by atoms with Gasteiger partial charge in [0, 0.05) is 37.3 Å². The number of nitro benzene ring substituents is 1. The predicted molar refractivity (Wildman–Crippen MR) is 125 cm³/mol. The molecule has 1 aromatic heterocycles. The topological polar surface area (TPSA) is 103 Å². The minimum absolute atomic E-state index is 0.0498. The molecule has 1 N–H and O–H groups in total. The highest BCUT2D eigenvalue weighted by Gasteiger charge is 2.43. The molecule has 5 rings (SSSR count). The highest BCUT2D eigenvalue weighted by Crippen LogP contribution is 2.40. The third kappa shape index (κ3) is 4.48. The van der Waals surface area contributed by atoms with E-state index in [1.165, 1.54) is 30.6 Å². The number of rotatable bonds is 5. The molecule has 2 fully saturated rings. The van der Waals surface area contributed by atoms with Gasteiger partial charge in [0.2, 0.25) is 0 Å². The Morgan fingerprint density at radius 1 is 1.29 bits per heavy atom. The third-order valence-corrected chi connectivity index (χ3v) is 6.75. The standard InChI is InChI=1S/C23H23ClFN5O4/c1-29-6-4-23(5-7-29)11-15(12-33-23)34-21-10-19-16(9-20(21)30(31)32)22(27-13-26-19)28-14-2-3-18(25)17(24)8-14/h2-3,8-10,13,15H,4-7,11-12H2,1H3,(H,26,27,28). The molecule has 34 heavy (non-hydrogen) atoms. The zero-order chi connectivity index (χ0) is 23.9. The Morgan fingerprint density at radius 2 is 2.09 bits per heavy atom. The summed E-state index contributed by atoms with van der Waals surface area (Å²) in [5, 5.41) is 15.3. The van der Waals surface area contributed by atoms with Gasteiger partial charge in [-0.25, -0.2) is 14.4 Å². The summed E-state index contributed by atoms with van der Waals surface area (Å²) >= 11 is 5.86. The van der Waals surface area contributed by atoms with Crippen molar-refractivity contribution < 1.29 is 18.8 Å². The second kappa shape index (κ2) is 8.94. The Balaban J connectivity index is 1.42. The first kappa shape index (κ1) is 22.7. The van der Waals surface area contributed by atoms with Crippen LogP contribution >= 0.6 is 11.6 Å². The smallest absolute Gasteiger partial charge is 0.311 e. The molecule has 2 saturated heterocycles. The number of nitrogens with zero attached hydrogens (tertiary/aromatic N) is 4. The second-order valence-electron chi connectivity index (χ2n) is 8.81. The summed E-state index contributed by atoms with van der Waals surface area (Å²) in [5.41, 5.74) is 0.547. The Kier molecular flexibility index (Phi) is 5.97. The van der Waals surface area contributed by atoms with Gasteiger partial charge in [-0.05, 0) is 38.1 Å². The maximum atomic E-state index is 13.5. The lowest BCUT2D eigenvalue weighted by atomic mass is 9.88. The van der Waals surface area contributed by atoms with Gasteiger partial charge in [-0.15, -0.1) is 0 Å². The number of piperidine rings is 1. The number of nitro groups is 1. The van der Waals surface area contributed by atoms with Crippen LogP contribution in [0.2, 0.25) is 5.02 Å². The van der Waals surface area contributed by atoms with Gasteiger partial charge in [0.05, 0.1) is 33.1 Å². The molecule has 2 aromatic carbocycles. The van der Waals surface area contributed by atoms with E-state index < -0.39 is 10.7 Å². The molecule has 0 aliphatic carbocycles. The number of hydrogen-bond donors (Lipinski definition) is 1. The van der Waals surface area contributed by atoms with Gasteiger partial charge in [-0.3, -0.25) is 10.1 Å². The number of ether oxygens (including phenoxy) is 2. The van der Waals surface area contributed by atoms with E-state index in [-0.39, 0.29) is 28.2 Å². The molecule has 0 radical (unpaired) electrons. The van der Waals surface area contributed by atoms with Crippen LogP contribution in [0.3, 0.4) is 0 Å². The van der Waals surface area contributed by atoms with Gasteiger partial charge in [0.25, 0.3) is 0 Å². The summed E-state index contributed by atoms with van der Waals surface area (Å²) in [6.45, 7) is 2.30. The summed E-state index contributed by atoms with van der Waals surface area (Å²) in [6.07, 6.45) is 3.59. The SMILES string of the molecule is CN1CCC2(CC1)CC(Oc1cc3ncnc(Nc4ccc(F)c(Cl)c4)c3cc1[N+](=O)[O-])CO2. The predicted octanol–water partition coefficient (Wildman–Crippen LogP) is 4.71. The fraction of sp³-hybridized carbons (Fsp3) is 0.391. The zero-order valence-corrected chi connectivity index (χ0v) is 19.2. The van der Waals surface area contributed by atoms with Crippen molar-refractivity contribution in [2.45, 2.75) is 31.0 Å². The van der Waals surface area contributed by atoms with Gasteiger partial charge >= 0.3 is 5.69 Å². The highest BCUT2D eigenvalue weighted by atomic mass is 35.5. The van der Waals surface area contributed by atoms with E-state index >= 15 is 0 Å². The van der Waals surface area contributed by atoms with Crippen LogP contribution in [0.15, 0.2) is 36.7 Å². The number of hydrogen-bond acceptors (Lipinski definition) is 8. The maximum Gasteiger partial charge on any atom is 0.311 e. The first-order valence-electron chi connectivity index (χ1n) is 11.0. The van der Waals surface area contributed by atoms with E-state index in [1.807, 2.05) is 0 Å². The molecule has 1 unspecified atom stereocenters. The van der Waals surface area contributed by atoms with E-state index in [4.69, 9.17) is 21.1 Å². The molecule has 3 aromatic rings. The molecule has 178 valence electrons. The van der Waals surface area contributed by atoms with E-state index in [0.717, 1.165) is 25.9 Å². The largest absolute Gasteiger partial charge is 0.481 e. The van der Waals surface area contributed by atoms with E-state index in [9.17, 15) is 14.5 Å². The van der Waals surface area contributed by atoms with Crippen molar-refractivity contribution in [3.05, 3.63) is 57.6 Å². The molecule has 0 saturated carbocycles. The van der Waals surface area contributed by atoms with Crippen LogP contribution in [0.25, 0.3) is 10.9 Å². The summed E-state index contributed by atoms with van der Waals surface area (Å²) in [6, 6.07) is 7.08.